The fourth-order valence-electron chi connectivity index (χ4n) is 2.80. The van der Waals surface area contributed by atoms with Crippen molar-refractivity contribution in [3.05, 3.63) is 39.9 Å². The monoisotopic (exact) mass is 306 g/mol. The molecule has 1 aromatic rings. The molecule has 0 radical (unpaired) electrons. The number of carbonyl (C=O) groups excluding carboxylic acids is 1. The number of nitrogens with zero attached hydrogens (tertiary/aromatic N) is 2. The third kappa shape index (κ3) is 3.81. The van der Waals surface area contributed by atoms with E-state index in [9.17, 15) is 19.7 Å². The number of nitro groups is 1. The SMILES string of the molecule is O=C(O)CCC1CCCN(C(=O)c2ccccc2[N+](=O)[O-])C1. The minimum absolute atomic E-state index is 0.0815. The number of nitro benzene ring substituents is 1. The maximum Gasteiger partial charge on any atom is 0.303 e. The topological polar surface area (TPSA) is 101 Å². The molecule has 0 bridgehead atoms. The van der Waals surface area contributed by atoms with Gasteiger partial charge in [-0.3, -0.25) is 19.7 Å². The Kier molecular flexibility index (Phi) is 5.08. The smallest absolute Gasteiger partial charge is 0.303 e. The van der Waals surface area contributed by atoms with Crippen molar-refractivity contribution in [2.75, 3.05) is 13.1 Å². The highest BCUT2D eigenvalue weighted by Crippen LogP contribution is 2.25. The number of para-hydroxylation sites is 1. The largest absolute Gasteiger partial charge is 0.481 e. The highest BCUT2D eigenvalue weighted by Gasteiger charge is 2.28. The second kappa shape index (κ2) is 7.02. The number of aliphatic carboxylic acids is 1. The number of benzene rings is 1. The molecule has 7 heteroatoms. The van der Waals surface area contributed by atoms with Gasteiger partial charge in [-0.1, -0.05) is 12.1 Å². The van der Waals surface area contributed by atoms with Gasteiger partial charge in [0, 0.05) is 25.6 Å². The molecule has 0 aromatic heterocycles. The zero-order chi connectivity index (χ0) is 16.1. The first kappa shape index (κ1) is 15.9. The number of carboxylic acids is 1. The standard InChI is InChI=1S/C15H18N2O5/c18-14(19)8-7-11-4-3-9-16(10-11)15(20)12-5-1-2-6-13(12)17(21)22/h1-2,5-6,11H,3-4,7-10H2,(H,18,19). The predicted molar refractivity (Wildman–Crippen MR) is 78.6 cm³/mol. The lowest BCUT2D eigenvalue weighted by Gasteiger charge is -2.32. The van der Waals surface area contributed by atoms with Crippen LogP contribution in [0.3, 0.4) is 0 Å². The van der Waals surface area contributed by atoms with Crippen LogP contribution in [0.15, 0.2) is 24.3 Å². The Balaban J connectivity index is 2.09. The molecule has 0 aliphatic carbocycles. The minimum atomic E-state index is -0.845. The summed E-state index contributed by atoms with van der Waals surface area (Å²) in [6.07, 6.45) is 2.28. The summed E-state index contributed by atoms with van der Waals surface area (Å²) >= 11 is 0. The number of likely N-dealkylation sites (tertiary alicyclic amines) is 1. The van der Waals surface area contributed by atoms with Gasteiger partial charge in [-0.25, -0.2) is 0 Å². The summed E-state index contributed by atoms with van der Waals surface area (Å²) in [4.78, 5) is 35.2. The van der Waals surface area contributed by atoms with Crippen molar-refractivity contribution < 1.29 is 19.6 Å². The fourth-order valence-corrected chi connectivity index (χ4v) is 2.80. The summed E-state index contributed by atoms with van der Waals surface area (Å²) in [6, 6.07) is 5.91. The molecule has 1 fully saturated rings. The molecule has 1 aliphatic rings. The van der Waals surface area contributed by atoms with E-state index in [0.29, 0.717) is 19.5 Å². The van der Waals surface area contributed by atoms with E-state index in [1.54, 1.807) is 11.0 Å². The molecule has 22 heavy (non-hydrogen) atoms. The van der Waals surface area contributed by atoms with Crippen LogP contribution < -0.4 is 0 Å². The first-order valence-electron chi connectivity index (χ1n) is 7.23. The molecule has 1 N–H and O–H groups in total. The Morgan fingerprint density at radius 3 is 2.77 bits per heavy atom. The summed E-state index contributed by atoms with van der Waals surface area (Å²) in [5, 5.41) is 19.8. The van der Waals surface area contributed by atoms with Crippen LogP contribution in [-0.4, -0.2) is 39.9 Å². The minimum Gasteiger partial charge on any atom is -0.481 e. The van der Waals surface area contributed by atoms with E-state index in [4.69, 9.17) is 5.11 Å². The second-order valence-electron chi connectivity index (χ2n) is 5.47. The van der Waals surface area contributed by atoms with Crippen molar-refractivity contribution in [3.63, 3.8) is 0 Å². The molecule has 1 heterocycles. The molecule has 1 saturated heterocycles. The first-order valence-corrected chi connectivity index (χ1v) is 7.23. The summed E-state index contributed by atoms with van der Waals surface area (Å²) in [5.74, 6) is -1.06. The zero-order valence-corrected chi connectivity index (χ0v) is 12.1. The lowest BCUT2D eigenvalue weighted by molar-refractivity contribution is -0.385. The maximum absolute atomic E-state index is 12.5. The average Bonchev–Trinajstić information content (AvgIpc) is 2.52. The first-order chi connectivity index (χ1) is 10.5. The van der Waals surface area contributed by atoms with E-state index in [2.05, 4.69) is 0 Å². The van der Waals surface area contributed by atoms with E-state index in [0.717, 1.165) is 12.8 Å². The van der Waals surface area contributed by atoms with Crippen molar-refractivity contribution in [1.29, 1.82) is 0 Å². The predicted octanol–water partition coefficient (Wildman–Crippen LogP) is 2.31. The van der Waals surface area contributed by atoms with Crippen molar-refractivity contribution in [2.24, 2.45) is 5.92 Å². The third-order valence-electron chi connectivity index (χ3n) is 3.90. The highest BCUT2D eigenvalue weighted by atomic mass is 16.6. The van der Waals surface area contributed by atoms with E-state index in [1.807, 2.05) is 0 Å². The molecule has 1 aromatic carbocycles. The number of amides is 1. The van der Waals surface area contributed by atoms with Crippen molar-refractivity contribution in [2.45, 2.75) is 25.7 Å². The van der Waals surface area contributed by atoms with E-state index < -0.39 is 10.9 Å². The molecule has 0 spiro atoms. The summed E-state index contributed by atoms with van der Waals surface area (Å²) < 4.78 is 0. The van der Waals surface area contributed by atoms with Crippen LogP contribution >= 0.6 is 0 Å². The number of carboxylic acid groups (broad SMARTS) is 1. The number of hydrogen-bond donors (Lipinski definition) is 1. The van der Waals surface area contributed by atoms with Crippen LogP contribution in [0.5, 0.6) is 0 Å². The van der Waals surface area contributed by atoms with Crippen molar-refractivity contribution >= 4 is 17.6 Å². The van der Waals surface area contributed by atoms with Gasteiger partial charge in [-0.2, -0.15) is 0 Å². The lowest BCUT2D eigenvalue weighted by atomic mass is 9.93. The van der Waals surface area contributed by atoms with Gasteiger partial charge >= 0.3 is 5.97 Å². The van der Waals surface area contributed by atoms with E-state index in [-0.39, 0.29) is 29.5 Å². The molecular weight excluding hydrogens is 288 g/mol. The Labute approximate surface area is 127 Å². The van der Waals surface area contributed by atoms with Gasteiger partial charge in [-0.15, -0.1) is 0 Å². The second-order valence-corrected chi connectivity index (χ2v) is 5.47. The van der Waals surface area contributed by atoms with Crippen LogP contribution in [-0.2, 0) is 4.79 Å². The molecule has 118 valence electrons. The number of hydrogen-bond acceptors (Lipinski definition) is 4. The molecule has 2 rings (SSSR count). The van der Waals surface area contributed by atoms with Gasteiger partial charge < -0.3 is 10.0 Å². The van der Waals surface area contributed by atoms with Crippen LogP contribution in [0.4, 0.5) is 5.69 Å². The van der Waals surface area contributed by atoms with E-state index in [1.165, 1.54) is 18.2 Å². The van der Waals surface area contributed by atoms with Gasteiger partial charge in [0.2, 0.25) is 0 Å². The van der Waals surface area contributed by atoms with Crippen molar-refractivity contribution in [1.82, 2.24) is 4.90 Å². The highest BCUT2D eigenvalue weighted by molar-refractivity contribution is 5.98. The van der Waals surface area contributed by atoms with Gasteiger partial charge in [-0.05, 0) is 31.2 Å². The Hall–Kier alpha value is -2.44. The number of piperidine rings is 1. The maximum atomic E-state index is 12.5. The van der Waals surface area contributed by atoms with Gasteiger partial charge in [0.05, 0.1) is 4.92 Å². The number of rotatable bonds is 5. The molecule has 0 saturated carbocycles. The number of carbonyl (C=O) groups is 2. The van der Waals surface area contributed by atoms with E-state index >= 15 is 0 Å². The molecule has 1 aliphatic heterocycles. The van der Waals surface area contributed by atoms with Gasteiger partial charge in [0.15, 0.2) is 0 Å². The van der Waals surface area contributed by atoms with Gasteiger partial charge in [0.25, 0.3) is 11.6 Å². The molecule has 1 atom stereocenters. The zero-order valence-electron chi connectivity index (χ0n) is 12.1. The normalized spacial score (nSPS) is 18.0. The Bertz CT molecular complexity index is 587. The summed E-state index contributed by atoms with van der Waals surface area (Å²) in [7, 11) is 0. The molecule has 1 amide bonds. The molecule has 7 nitrogen and oxygen atoms in total. The molecular formula is C15H18N2O5. The quantitative estimate of drug-likeness (QED) is 0.664. The average molecular weight is 306 g/mol. The molecule has 1 unspecified atom stereocenters. The summed E-state index contributed by atoms with van der Waals surface area (Å²) in [5.41, 5.74) is -0.105. The van der Waals surface area contributed by atoms with Gasteiger partial charge in [0.1, 0.15) is 5.56 Å². The summed E-state index contributed by atoms with van der Waals surface area (Å²) in [6.45, 7) is 1.01. The Morgan fingerprint density at radius 2 is 2.09 bits per heavy atom. The third-order valence-corrected chi connectivity index (χ3v) is 3.90. The fraction of sp³-hybridized carbons (Fsp3) is 0.467. The van der Waals surface area contributed by atoms with Crippen LogP contribution in [0, 0.1) is 16.0 Å². The van der Waals surface area contributed by atoms with Crippen LogP contribution in [0.1, 0.15) is 36.0 Å². The Morgan fingerprint density at radius 1 is 1.36 bits per heavy atom. The lowest BCUT2D eigenvalue weighted by Crippen LogP contribution is -2.40. The van der Waals surface area contributed by atoms with Crippen LogP contribution in [0.2, 0.25) is 0 Å². The van der Waals surface area contributed by atoms with Crippen molar-refractivity contribution in [3.8, 4) is 0 Å². The van der Waals surface area contributed by atoms with Crippen LogP contribution in [0.25, 0.3) is 0 Å².